The zero-order valence-electron chi connectivity index (χ0n) is 24.6. The van der Waals surface area contributed by atoms with Crippen LogP contribution in [0.15, 0.2) is 102 Å². The first-order valence-electron chi connectivity index (χ1n) is 14.0. The van der Waals surface area contributed by atoms with Crippen LogP contribution in [0.2, 0.25) is 15.1 Å². The fourth-order valence-electron chi connectivity index (χ4n) is 4.69. The van der Waals surface area contributed by atoms with Gasteiger partial charge in [0, 0.05) is 25.0 Å². The summed E-state index contributed by atoms with van der Waals surface area (Å²) in [6.45, 7) is 1.61. The van der Waals surface area contributed by atoms with E-state index >= 15 is 0 Å². The van der Waals surface area contributed by atoms with Gasteiger partial charge in [0.25, 0.3) is 10.0 Å². The fourth-order valence-corrected chi connectivity index (χ4v) is 6.55. The lowest BCUT2D eigenvalue weighted by atomic mass is 10.0. The van der Waals surface area contributed by atoms with Gasteiger partial charge >= 0.3 is 0 Å². The minimum atomic E-state index is -4.27. The van der Waals surface area contributed by atoms with Gasteiger partial charge in [-0.15, -0.1) is 0 Å². The minimum absolute atomic E-state index is 0.0429. The van der Waals surface area contributed by atoms with Crippen LogP contribution in [0.1, 0.15) is 18.1 Å². The van der Waals surface area contributed by atoms with Crippen LogP contribution in [0.25, 0.3) is 0 Å². The topological polar surface area (TPSA) is 96.0 Å². The number of carbonyl (C=O) groups is 2. The van der Waals surface area contributed by atoms with Crippen LogP contribution in [0.5, 0.6) is 5.75 Å². The minimum Gasteiger partial charge on any atom is -0.494 e. The number of rotatable bonds is 13. The number of benzene rings is 4. The van der Waals surface area contributed by atoms with E-state index in [1.54, 1.807) is 42.5 Å². The quantitative estimate of drug-likeness (QED) is 0.170. The molecule has 4 rings (SSSR count). The Morgan fingerprint density at radius 3 is 2.11 bits per heavy atom. The molecule has 0 radical (unpaired) electrons. The maximum absolute atomic E-state index is 14.4. The average molecular weight is 689 g/mol. The monoisotopic (exact) mass is 687 g/mol. The summed E-state index contributed by atoms with van der Waals surface area (Å²) in [7, 11) is -2.79. The highest BCUT2D eigenvalue weighted by Gasteiger charge is 2.34. The van der Waals surface area contributed by atoms with Crippen molar-refractivity contribution in [2.45, 2.75) is 30.8 Å². The molecule has 12 heteroatoms. The van der Waals surface area contributed by atoms with Gasteiger partial charge in [0.15, 0.2) is 0 Å². The molecule has 2 amide bonds. The number of carbonyl (C=O) groups excluding carboxylic acids is 2. The van der Waals surface area contributed by atoms with Gasteiger partial charge in [-0.25, -0.2) is 8.42 Å². The highest BCUT2D eigenvalue weighted by molar-refractivity contribution is 7.92. The number of sulfonamides is 1. The summed E-state index contributed by atoms with van der Waals surface area (Å²) >= 11 is 18.5. The van der Waals surface area contributed by atoms with Gasteiger partial charge in [-0.3, -0.25) is 13.9 Å². The first kappa shape index (κ1) is 34.1. The van der Waals surface area contributed by atoms with Crippen LogP contribution < -0.4 is 14.4 Å². The molecule has 1 N–H and O–H groups in total. The maximum Gasteiger partial charge on any atom is 0.264 e. The number of nitrogens with zero attached hydrogens (tertiary/aromatic N) is 2. The first-order chi connectivity index (χ1) is 21.5. The second-order valence-electron chi connectivity index (χ2n) is 9.98. The maximum atomic E-state index is 14.4. The lowest BCUT2D eigenvalue weighted by molar-refractivity contribution is -0.139. The number of hydrogen-bond donors (Lipinski definition) is 1. The van der Waals surface area contributed by atoms with E-state index in [1.807, 2.05) is 37.3 Å². The largest absolute Gasteiger partial charge is 0.494 e. The standard InChI is InChI=1S/C33H32Cl3N3O5S/c1-3-44-27-14-12-26(13-15-27)39(45(42,43)28-16-10-25(34)11-17-28)22-32(40)38(21-24-9-18-29(35)30(36)19-24)31(33(41)37-2)20-23-7-5-4-6-8-23/h4-19,31H,3,20-22H2,1-2H3,(H,37,41)/t31-/m1/s1. The molecule has 0 heterocycles. The molecule has 4 aromatic carbocycles. The van der Waals surface area contributed by atoms with Crippen molar-refractivity contribution >= 4 is 62.3 Å². The van der Waals surface area contributed by atoms with Crippen molar-refractivity contribution in [1.29, 1.82) is 0 Å². The fraction of sp³-hybridized carbons (Fsp3) is 0.212. The van der Waals surface area contributed by atoms with E-state index < -0.39 is 34.4 Å². The molecule has 0 saturated heterocycles. The third-order valence-corrected chi connectivity index (χ3v) is 9.75. The molecule has 0 aliphatic carbocycles. The molecule has 0 aromatic heterocycles. The lowest BCUT2D eigenvalue weighted by Crippen LogP contribution is -2.53. The molecule has 0 unspecified atom stereocenters. The smallest absolute Gasteiger partial charge is 0.264 e. The molecular weight excluding hydrogens is 657 g/mol. The lowest BCUT2D eigenvalue weighted by Gasteiger charge is -2.33. The molecule has 8 nitrogen and oxygen atoms in total. The molecule has 236 valence electrons. The highest BCUT2D eigenvalue weighted by atomic mass is 35.5. The zero-order valence-corrected chi connectivity index (χ0v) is 27.7. The zero-order chi connectivity index (χ0) is 32.6. The number of likely N-dealkylation sites (N-methyl/N-ethyl adjacent to an activating group) is 1. The first-order valence-corrected chi connectivity index (χ1v) is 16.6. The number of hydrogen-bond acceptors (Lipinski definition) is 5. The van der Waals surface area contributed by atoms with Crippen LogP contribution in [0.4, 0.5) is 5.69 Å². The molecule has 0 spiro atoms. The third-order valence-electron chi connectivity index (χ3n) is 6.97. The number of ether oxygens (including phenoxy) is 1. The summed E-state index contributed by atoms with van der Waals surface area (Å²) in [5, 5.41) is 3.63. The van der Waals surface area contributed by atoms with E-state index in [1.165, 1.54) is 36.2 Å². The molecular formula is C33H32Cl3N3O5S. The molecule has 0 aliphatic heterocycles. The van der Waals surface area contributed by atoms with Crippen molar-refractivity contribution in [3.8, 4) is 5.75 Å². The van der Waals surface area contributed by atoms with Crippen molar-refractivity contribution in [3.05, 3.63) is 123 Å². The predicted octanol–water partition coefficient (Wildman–Crippen LogP) is 6.63. The van der Waals surface area contributed by atoms with E-state index in [0.29, 0.717) is 28.0 Å². The van der Waals surface area contributed by atoms with Gasteiger partial charge in [-0.05, 0) is 78.7 Å². The SMILES string of the molecule is CCOc1ccc(N(CC(=O)N(Cc2ccc(Cl)c(Cl)c2)[C@H](Cc2ccccc2)C(=O)NC)S(=O)(=O)c2ccc(Cl)cc2)cc1. The molecule has 45 heavy (non-hydrogen) atoms. The predicted molar refractivity (Wildman–Crippen MR) is 179 cm³/mol. The van der Waals surface area contributed by atoms with Gasteiger partial charge in [0.1, 0.15) is 18.3 Å². The number of amides is 2. The van der Waals surface area contributed by atoms with Crippen molar-refractivity contribution < 1.29 is 22.7 Å². The number of nitrogens with one attached hydrogen (secondary N) is 1. The summed E-state index contributed by atoms with van der Waals surface area (Å²) in [4.78, 5) is 29.0. The molecule has 0 bridgehead atoms. The number of halogens is 3. The van der Waals surface area contributed by atoms with Crippen LogP contribution in [0, 0.1) is 0 Å². The summed E-state index contributed by atoms with van der Waals surface area (Å²) < 4.78 is 34.7. The third kappa shape index (κ3) is 8.70. The summed E-state index contributed by atoms with van der Waals surface area (Å²) in [5.41, 5.74) is 1.65. The van der Waals surface area contributed by atoms with E-state index in [-0.39, 0.29) is 28.6 Å². The molecule has 0 fully saturated rings. The second kappa shape index (κ2) is 15.5. The van der Waals surface area contributed by atoms with Gasteiger partial charge in [0.05, 0.1) is 27.2 Å². The van der Waals surface area contributed by atoms with Crippen molar-refractivity contribution in [2.24, 2.45) is 0 Å². The Morgan fingerprint density at radius 2 is 1.51 bits per heavy atom. The van der Waals surface area contributed by atoms with E-state index in [4.69, 9.17) is 39.5 Å². The van der Waals surface area contributed by atoms with Crippen LogP contribution in [0.3, 0.4) is 0 Å². The van der Waals surface area contributed by atoms with Crippen molar-refractivity contribution in [3.63, 3.8) is 0 Å². The van der Waals surface area contributed by atoms with Gasteiger partial charge < -0.3 is 15.0 Å². The Kier molecular flexibility index (Phi) is 11.7. The molecule has 4 aromatic rings. The number of anilines is 1. The van der Waals surface area contributed by atoms with E-state index in [9.17, 15) is 18.0 Å². The van der Waals surface area contributed by atoms with Crippen molar-refractivity contribution in [2.75, 3.05) is 24.5 Å². The molecule has 0 aliphatic rings. The Morgan fingerprint density at radius 1 is 0.844 bits per heavy atom. The van der Waals surface area contributed by atoms with Crippen LogP contribution in [-0.4, -0.2) is 51.4 Å². The summed E-state index contributed by atoms with van der Waals surface area (Å²) in [5.74, 6) is -0.488. The molecule has 0 saturated carbocycles. The van der Waals surface area contributed by atoms with Crippen molar-refractivity contribution in [1.82, 2.24) is 10.2 Å². The summed E-state index contributed by atoms with van der Waals surface area (Å²) in [6.07, 6.45) is 0.181. The van der Waals surface area contributed by atoms with Crippen LogP contribution in [-0.2, 0) is 32.6 Å². The Hall–Kier alpha value is -3.76. The van der Waals surface area contributed by atoms with Gasteiger partial charge in [-0.2, -0.15) is 0 Å². The van der Waals surface area contributed by atoms with Crippen LogP contribution >= 0.6 is 34.8 Å². The highest BCUT2D eigenvalue weighted by Crippen LogP contribution is 2.28. The van der Waals surface area contributed by atoms with E-state index in [2.05, 4.69) is 5.32 Å². The normalized spacial score (nSPS) is 11.8. The second-order valence-corrected chi connectivity index (χ2v) is 13.1. The Bertz CT molecular complexity index is 1720. The Labute approximate surface area is 278 Å². The average Bonchev–Trinajstić information content (AvgIpc) is 3.04. The molecule has 1 atom stereocenters. The van der Waals surface area contributed by atoms with Gasteiger partial charge in [-0.1, -0.05) is 71.2 Å². The van der Waals surface area contributed by atoms with E-state index in [0.717, 1.165) is 9.87 Å². The van der Waals surface area contributed by atoms with Gasteiger partial charge in [0.2, 0.25) is 11.8 Å². The Balaban J connectivity index is 1.79. The summed E-state index contributed by atoms with van der Waals surface area (Å²) in [6, 6.07) is 25.2.